The van der Waals surface area contributed by atoms with Crippen molar-refractivity contribution < 1.29 is 14.3 Å². The van der Waals surface area contributed by atoms with Crippen molar-refractivity contribution in [3.8, 4) is 11.5 Å². The monoisotopic (exact) mass is 398 g/mol. The molecular weight excluding hydrogens is 368 g/mol. The van der Waals surface area contributed by atoms with Gasteiger partial charge in [0, 0.05) is 38.2 Å². The summed E-state index contributed by atoms with van der Waals surface area (Å²) in [6, 6.07) is 16.8. The van der Waals surface area contributed by atoms with E-state index in [2.05, 4.69) is 20.9 Å². The van der Waals surface area contributed by atoms with Crippen molar-refractivity contribution in [2.24, 2.45) is 4.99 Å². The van der Waals surface area contributed by atoms with Crippen molar-refractivity contribution in [3.63, 3.8) is 0 Å². The summed E-state index contributed by atoms with van der Waals surface area (Å²) < 4.78 is 10.8. The van der Waals surface area contributed by atoms with Crippen LogP contribution in [0.3, 0.4) is 0 Å². The molecule has 29 heavy (non-hydrogen) atoms. The number of rotatable bonds is 11. The number of guanidine groups is 1. The van der Waals surface area contributed by atoms with Crippen molar-refractivity contribution >= 4 is 11.9 Å². The van der Waals surface area contributed by atoms with E-state index in [0.29, 0.717) is 31.8 Å². The average molecular weight is 399 g/mol. The number of aliphatic imine (C=N–C) groups is 1. The topological polar surface area (TPSA) is 84.0 Å². The standard InChI is InChI=1S/C22H30N4O3/c1-3-23-22(25-14-7-17-29-20-8-5-4-6-9-20)26-16-15-24-21(27)18-10-12-19(28-2)13-11-18/h4-6,8-13H,3,7,14-17H2,1-2H3,(H,24,27)(H2,23,25,26). The SMILES string of the molecule is CCNC(=NCCCOc1ccccc1)NCCNC(=O)c1ccc(OC)cc1. The molecule has 0 unspecified atom stereocenters. The van der Waals surface area contributed by atoms with Crippen molar-refractivity contribution in [1.82, 2.24) is 16.0 Å². The average Bonchev–Trinajstić information content (AvgIpc) is 2.77. The quantitative estimate of drug-likeness (QED) is 0.308. The van der Waals surface area contributed by atoms with E-state index >= 15 is 0 Å². The lowest BCUT2D eigenvalue weighted by Gasteiger charge is -2.12. The molecular formula is C22H30N4O3. The molecule has 0 heterocycles. The van der Waals surface area contributed by atoms with Crippen molar-refractivity contribution in [2.45, 2.75) is 13.3 Å². The van der Waals surface area contributed by atoms with Crippen LogP contribution in [0.25, 0.3) is 0 Å². The van der Waals surface area contributed by atoms with Crippen LogP contribution in [0, 0.1) is 0 Å². The fraction of sp³-hybridized carbons (Fsp3) is 0.364. The maximum absolute atomic E-state index is 12.1. The summed E-state index contributed by atoms with van der Waals surface area (Å²) in [5, 5.41) is 9.30. The van der Waals surface area contributed by atoms with E-state index in [9.17, 15) is 4.79 Å². The molecule has 0 fully saturated rings. The van der Waals surface area contributed by atoms with Gasteiger partial charge in [0.1, 0.15) is 11.5 Å². The van der Waals surface area contributed by atoms with E-state index in [-0.39, 0.29) is 5.91 Å². The fourth-order valence-corrected chi connectivity index (χ4v) is 2.51. The molecule has 156 valence electrons. The summed E-state index contributed by atoms with van der Waals surface area (Å²) in [5.41, 5.74) is 0.602. The molecule has 2 aromatic rings. The Labute approximate surface area is 172 Å². The Balaban J connectivity index is 1.65. The molecule has 0 atom stereocenters. The van der Waals surface area contributed by atoms with Gasteiger partial charge in [-0.15, -0.1) is 0 Å². The minimum atomic E-state index is -0.116. The molecule has 0 aliphatic heterocycles. The zero-order chi connectivity index (χ0) is 20.7. The number of methoxy groups -OCH3 is 1. The van der Waals surface area contributed by atoms with Gasteiger partial charge in [0.25, 0.3) is 5.91 Å². The second-order valence-corrected chi connectivity index (χ2v) is 6.19. The van der Waals surface area contributed by atoms with Gasteiger partial charge in [0.15, 0.2) is 5.96 Å². The molecule has 0 aliphatic rings. The molecule has 0 spiro atoms. The number of hydrogen-bond donors (Lipinski definition) is 3. The number of carbonyl (C=O) groups is 1. The minimum absolute atomic E-state index is 0.116. The van der Waals surface area contributed by atoms with Crippen LogP contribution in [0.15, 0.2) is 59.6 Å². The number of nitrogens with one attached hydrogen (secondary N) is 3. The second kappa shape index (κ2) is 13.0. The van der Waals surface area contributed by atoms with Gasteiger partial charge < -0.3 is 25.4 Å². The number of hydrogen-bond acceptors (Lipinski definition) is 4. The van der Waals surface area contributed by atoms with Gasteiger partial charge in [0.2, 0.25) is 0 Å². The molecule has 0 aromatic heterocycles. The molecule has 0 bridgehead atoms. The van der Waals surface area contributed by atoms with E-state index < -0.39 is 0 Å². The predicted octanol–water partition coefficient (Wildman–Crippen LogP) is 2.45. The third kappa shape index (κ3) is 8.55. The maximum atomic E-state index is 12.1. The number of amides is 1. The van der Waals surface area contributed by atoms with Crippen LogP contribution in [-0.2, 0) is 0 Å². The van der Waals surface area contributed by atoms with Gasteiger partial charge in [-0.1, -0.05) is 18.2 Å². The largest absolute Gasteiger partial charge is 0.497 e. The van der Waals surface area contributed by atoms with Gasteiger partial charge in [0.05, 0.1) is 13.7 Å². The van der Waals surface area contributed by atoms with Gasteiger partial charge >= 0.3 is 0 Å². The Bertz CT molecular complexity index is 748. The van der Waals surface area contributed by atoms with Crippen LogP contribution in [0.2, 0.25) is 0 Å². The lowest BCUT2D eigenvalue weighted by Crippen LogP contribution is -2.41. The Morgan fingerprint density at radius 3 is 2.34 bits per heavy atom. The van der Waals surface area contributed by atoms with Gasteiger partial charge in [-0.3, -0.25) is 9.79 Å². The highest BCUT2D eigenvalue weighted by atomic mass is 16.5. The molecule has 0 saturated heterocycles. The van der Waals surface area contributed by atoms with Crippen LogP contribution in [0.5, 0.6) is 11.5 Å². The predicted molar refractivity (Wildman–Crippen MR) is 116 cm³/mol. The first-order valence-electron chi connectivity index (χ1n) is 9.85. The van der Waals surface area contributed by atoms with Crippen LogP contribution < -0.4 is 25.4 Å². The molecule has 7 nitrogen and oxygen atoms in total. The minimum Gasteiger partial charge on any atom is -0.497 e. The Hall–Kier alpha value is -3.22. The summed E-state index contributed by atoms with van der Waals surface area (Å²) in [4.78, 5) is 16.7. The molecule has 0 radical (unpaired) electrons. The van der Waals surface area contributed by atoms with Gasteiger partial charge in [-0.25, -0.2) is 0 Å². The lowest BCUT2D eigenvalue weighted by atomic mass is 10.2. The Morgan fingerprint density at radius 2 is 1.66 bits per heavy atom. The maximum Gasteiger partial charge on any atom is 0.251 e. The summed E-state index contributed by atoms with van der Waals surface area (Å²) in [6.07, 6.45) is 0.819. The number of benzene rings is 2. The lowest BCUT2D eigenvalue weighted by molar-refractivity contribution is 0.0954. The van der Waals surface area contributed by atoms with Crippen LogP contribution in [-0.4, -0.2) is 51.8 Å². The smallest absolute Gasteiger partial charge is 0.251 e. The molecule has 1 amide bonds. The first kappa shape index (κ1) is 22.1. The van der Waals surface area contributed by atoms with E-state index in [1.807, 2.05) is 37.3 Å². The van der Waals surface area contributed by atoms with E-state index in [1.54, 1.807) is 31.4 Å². The molecule has 0 aliphatic carbocycles. The summed E-state index contributed by atoms with van der Waals surface area (Å²) in [5.74, 6) is 2.21. The van der Waals surface area contributed by atoms with E-state index in [4.69, 9.17) is 9.47 Å². The highest BCUT2D eigenvalue weighted by Gasteiger charge is 2.05. The molecule has 0 saturated carbocycles. The Morgan fingerprint density at radius 1 is 0.931 bits per heavy atom. The van der Waals surface area contributed by atoms with E-state index in [0.717, 1.165) is 30.4 Å². The highest BCUT2D eigenvalue weighted by molar-refractivity contribution is 5.94. The van der Waals surface area contributed by atoms with E-state index in [1.165, 1.54) is 0 Å². The highest BCUT2D eigenvalue weighted by Crippen LogP contribution is 2.11. The van der Waals surface area contributed by atoms with Gasteiger partial charge in [-0.05, 0) is 43.3 Å². The third-order valence-corrected chi connectivity index (χ3v) is 3.98. The number of nitrogens with zero attached hydrogens (tertiary/aromatic N) is 1. The van der Waals surface area contributed by atoms with Gasteiger partial charge in [-0.2, -0.15) is 0 Å². The number of carbonyl (C=O) groups excluding carboxylic acids is 1. The second-order valence-electron chi connectivity index (χ2n) is 6.19. The van der Waals surface area contributed by atoms with Crippen LogP contribution in [0.1, 0.15) is 23.7 Å². The summed E-state index contributed by atoms with van der Waals surface area (Å²) in [7, 11) is 1.60. The first-order valence-corrected chi connectivity index (χ1v) is 9.85. The zero-order valence-electron chi connectivity index (χ0n) is 17.1. The first-order chi connectivity index (χ1) is 14.2. The van der Waals surface area contributed by atoms with Crippen LogP contribution in [0.4, 0.5) is 0 Å². The van der Waals surface area contributed by atoms with Crippen molar-refractivity contribution in [2.75, 3.05) is 39.9 Å². The number of para-hydroxylation sites is 1. The summed E-state index contributed by atoms with van der Waals surface area (Å²) >= 11 is 0. The molecule has 3 N–H and O–H groups in total. The normalized spacial score (nSPS) is 10.9. The molecule has 2 rings (SSSR count). The zero-order valence-corrected chi connectivity index (χ0v) is 17.1. The number of ether oxygens (including phenoxy) is 2. The third-order valence-electron chi connectivity index (χ3n) is 3.98. The summed E-state index contributed by atoms with van der Waals surface area (Å²) in [6.45, 7) is 5.12. The van der Waals surface area contributed by atoms with Crippen molar-refractivity contribution in [3.05, 3.63) is 60.2 Å². The molecule has 7 heteroatoms. The molecule has 2 aromatic carbocycles. The fourth-order valence-electron chi connectivity index (χ4n) is 2.51. The van der Waals surface area contributed by atoms with Crippen LogP contribution >= 0.6 is 0 Å². The van der Waals surface area contributed by atoms with Crippen molar-refractivity contribution in [1.29, 1.82) is 0 Å². The Kier molecular flexibility index (Phi) is 9.93.